The number of rotatable bonds is 1. The van der Waals surface area contributed by atoms with Gasteiger partial charge in [-0.25, -0.2) is 0 Å². The highest BCUT2D eigenvalue weighted by Gasteiger charge is 2.12. The van der Waals surface area contributed by atoms with Crippen LogP contribution in [-0.4, -0.2) is 12.7 Å². The van der Waals surface area contributed by atoms with E-state index in [1.807, 2.05) is 0 Å². The van der Waals surface area contributed by atoms with Crippen LogP contribution in [0.3, 0.4) is 0 Å². The van der Waals surface area contributed by atoms with Gasteiger partial charge in [-0.1, -0.05) is 43.9 Å². The molecule has 1 saturated heterocycles. The van der Waals surface area contributed by atoms with Crippen LogP contribution in [0.25, 0.3) is 0 Å². The van der Waals surface area contributed by atoms with E-state index in [1.165, 1.54) is 23.2 Å². The summed E-state index contributed by atoms with van der Waals surface area (Å²) in [6.07, 6.45) is 3.80. The topological polar surface area (TPSA) is 24.4 Å². The zero-order valence-electron chi connectivity index (χ0n) is 7.43. The molecule has 1 fully saturated rings. The zero-order chi connectivity index (χ0) is 9.97. The van der Waals surface area contributed by atoms with Crippen molar-refractivity contribution >= 4 is 43.9 Å². The standard InChI is InChI=1S/C8H10Cl2N2S2/c9-6-7(10)13-14-8(6)12-5-3-1-2-4-11-5/h5,11H,1-4H2/b12-8-. The number of hydrogen-bond donors (Lipinski definition) is 1. The maximum Gasteiger partial charge on any atom is 0.143 e. The average molecular weight is 269 g/mol. The molecule has 0 bridgehead atoms. The molecule has 0 amide bonds. The summed E-state index contributed by atoms with van der Waals surface area (Å²) in [6, 6.07) is 0. The fourth-order valence-electron chi connectivity index (χ4n) is 1.40. The van der Waals surface area contributed by atoms with Gasteiger partial charge in [0.1, 0.15) is 20.2 Å². The molecule has 0 aromatic carbocycles. The summed E-state index contributed by atoms with van der Waals surface area (Å²) in [5, 5.41) is 3.95. The van der Waals surface area contributed by atoms with Gasteiger partial charge in [0, 0.05) is 0 Å². The first-order valence-corrected chi connectivity index (χ1v) is 7.39. The van der Waals surface area contributed by atoms with Crippen molar-refractivity contribution in [3.8, 4) is 0 Å². The van der Waals surface area contributed by atoms with Crippen molar-refractivity contribution in [1.29, 1.82) is 0 Å². The van der Waals surface area contributed by atoms with Crippen molar-refractivity contribution in [3.63, 3.8) is 0 Å². The average Bonchev–Trinajstić information content (AvgIpc) is 2.52. The lowest BCUT2D eigenvalue weighted by Gasteiger charge is -2.18. The number of nitrogens with one attached hydrogen (secondary N) is 1. The van der Waals surface area contributed by atoms with Gasteiger partial charge in [-0.15, -0.1) is 0 Å². The molecule has 2 rings (SSSR count). The van der Waals surface area contributed by atoms with Crippen LogP contribution in [0, 0.1) is 0 Å². The molecule has 1 aromatic rings. The molecular weight excluding hydrogens is 259 g/mol. The molecule has 0 spiro atoms. The molecule has 0 saturated carbocycles. The van der Waals surface area contributed by atoms with Crippen molar-refractivity contribution in [2.24, 2.45) is 4.99 Å². The molecule has 1 aliphatic rings. The Morgan fingerprint density at radius 1 is 1.29 bits per heavy atom. The minimum absolute atomic E-state index is 0.225. The second-order valence-electron chi connectivity index (χ2n) is 3.15. The highest BCUT2D eigenvalue weighted by atomic mass is 35.5. The molecule has 1 aromatic heterocycles. The molecular formula is C8H10Cl2N2S2. The largest absolute Gasteiger partial charge is 0.296 e. The van der Waals surface area contributed by atoms with Crippen LogP contribution in [0.15, 0.2) is 4.99 Å². The summed E-state index contributed by atoms with van der Waals surface area (Å²) in [5.41, 5.74) is 0. The van der Waals surface area contributed by atoms with Gasteiger partial charge >= 0.3 is 0 Å². The Labute approximate surface area is 100.0 Å². The third-order valence-electron chi connectivity index (χ3n) is 2.11. The third kappa shape index (κ3) is 2.49. The monoisotopic (exact) mass is 268 g/mol. The van der Waals surface area contributed by atoms with E-state index in [0.717, 1.165) is 17.6 Å². The van der Waals surface area contributed by atoms with Gasteiger partial charge in [-0.2, -0.15) is 0 Å². The maximum absolute atomic E-state index is 6.00. The van der Waals surface area contributed by atoms with Crippen LogP contribution in [0.5, 0.6) is 0 Å². The minimum atomic E-state index is 0.225. The summed E-state index contributed by atoms with van der Waals surface area (Å²) >= 11 is 11.9. The Balaban J connectivity index is 2.20. The summed E-state index contributed by atoms with van der Waals surface area (Å²) in [5.74, 6) is 0. The Morgan fingerprint density at radius 3 is 2.71 bits per heavy atom. The van der Waals surface area contributed by atoms with Crippen LogP contribution < -0.4 is 9.99 Å². The van der Waals surface area contributed by atoms with E-state index >= 15 is 0 Å². The lowest BCUT2D eigenvalue weighted by molar-refractivity contribution is 0.408. The predicted octanol–water partition coefficient (Wildman–Crippen LogP) is 3.12. The smallest absolute Gasteiger partial charge is 0.143 e. The Kier molecular flexibility index (Phi) is 3.85. The van der Waals surface area contributed by atoms with Gasteiger partial charge in [0.15, 0.2) is 0 Å². The molecule has 2 heterocycles. The maximum atomic E-state index is 6.00. The Bertz CT molecular complexity index is 366. The second-order valence-corrected chi connectivity index (χ2v) is 6.26. The quantitative estimate of drug-likeness (QED) is 0.778. The third-order valence-corrected chi connectivity index (χ3v) is 5.62. The van der Waals surface area contributed by atoms with Crippen LogP contribution in [0.4, 0.5) is 0 Å². The zero-order valence-corrected chi connectivity index (χ0v) is 10.6. The van der Waals surface area contributed by atoms with Crippen molar-refractivity contribution in [2.45, 2.75) is 25.4 Å². The van der Waals surface area contributed by atoms with E-state index < -0.39 is 0 Å². The van der Waals surface area contributed by atoms with Crippen LogP contribution >= 0.6 is 43.9 Å². The molecule has 1 unspecified atom stereocenters. The molecule has 0 aliphatic carbocycles. The first kappa shape index (κ1) is 10.9. The van der Waals surface area contributed by atoms with E-state index in [1.54, 1.807) is 10.3 Å². The molecule has 1 N–H and O–H groups in total. The predicted molar refractivity (Wildman–Crippen MR) is 63.4 cm³/mol. The minimum Gasteiger partial charge on any atom is -0.296 e. The van der Waals surface area contributed by atoms with E-state index in [0.29, 0.717) is 9.36 Å². The molecule has 14 heavy (non-hydrogen) atoms. The van der Waals surface area contributed by atoms with Crippen molar-refractivity contribution < 1.29 is 0 Å². The van der Waals surface area contributed by atoms with Gasteiger partial charge in [-0.3, -0.25) is 10.3 Å². The van der Waals surface area contributed by atoms with E-state index in [2.05, 4.69) is 10.3 Å². The summed E-state index contributed by atoms with van der Waals surface area (Å²) in [4.78, 5) is 4.54. The van der Waals surface area contributed by atoms with Crippen LogP contribution in [0.2, 0.25) is 9.36 Å². The van der Waals surface area contributed by atoms with E-state index in [9.17, 15) is 0 Å². The summed E-state index contributed by atoms with van der Waals surface area (Å²) in [6.45, 7) is 1.05. The lowest BCUT2D eigenvalue weighted by atomic mass is 10.1. The lowest BCUT2D eigenvalue weighted by Crippen LogP contribution is -2.33. The molecule has 2 nitrogen and oxygen atoms in total. The fraction of sp³-hybridized carbons (Fsp3) is 0.625. The van der Waals surface area contributed by atoms with Crippen LogP contribution in [0.1, 0.15) is 19.3 Å². The molecule has 1 aliphatic heterocycles. The fourth-order valence-corrected chi connectivity index (χ4v) is 4.20. The number of piperidine rings is 1. The SMILES string of the molecule is Clc1ss/c(=N\C2CCCCN2)c1Cl. The van der Waals surface area contributed by atoms with Crippen molar-refractivity contribution in [2.75, 3.05) is 6.54 Å². The molecule has 0 radical (unpaired) electrons. The summed E-state index contributed by atoms with van der Waals surface area (Å²) in [7, 11) is 3.01. The Morgan fingerprint density at radius 2 is 2.14 bits per heavy atom. The van der Waals surface area contributed by atoms with Gasteiger partial charge in [0.2, 0.25) is 0 Å². The van der Waals surface area contributed by atoms with Crippen molar-refractivity contribution in [1.82, 2.24) is 5.32 Å². The van der Waals surface area contributed by atoms with Gasteiger partial charge in [0.05, 0.1) is 0 Å². The molecule has 78 valence electrons. The second kappa shape index (κ2) is 4.94. The highest BCUT2D eigenvalue weighted by molar-refractivity contribution is 7.69. The van der Waals surface area contributed by atoms with Gasteiger partial charge < -0.3 is 0 Å². The number of hydrogen-bond acceptors (Lipinski definition) is 4. The Hall–Kier alpha value is 0.390. The summed E-state index contributed by atoms with van der Waals surface area (Å²) < 4.78 is 1.51. The van der Waals surface area contributed by atoms with Crippen LogP contribution in [-0.2, 0) is 0 Å². The normalized spacial score (nSPS) is 24.1. The van der Waals surface area contributed by atoms with Crippen molar-refractivity contribution in [3.05, 3.63) is 14.0 Å². The number of halogens is 2. The van der Waals surface area contributed by atoms with Gasteiger partial charge in [0.25, 0.3) is 0 Å². The van der Waals surface area contributed by atoms with E-state index in [4.69, 9.17) is 23.2 Å². The number of nitrogens with zero attached hydrogens (tertiary/aromatic N) is 1. The highest BCUT2D eigenvalue weighted by Crippen LogP contribution is 2.26. The molecule has 6 heteroatoms. The van der Waals surface area contributed by atoms with Gasteiger partial charge in [-0.05, 0) is 25.8 Å². The first-order valence-electron chi connectivity index (χ1n) is 4.49. The first-order chi connectivity index (χ1) is 6.77. The van der Waals surface area contributed by atoms with E-state index in [-0.39, 0.29) is 6.17 Å². The molecule has 1 atom stereocenters.